The van der Waals surface area contributed by atoms with E-state index in [0.717, 1.165) is 32.1 Å². The molecule has 0 radical (unpaired) electrons. The van der Waals surface area contributed by atoms with Crippen LogP contribution in [0.15, 0.2) is 53.4 Å². The summed E-state index contributed by atoms with van der Waals surface area (Å²) in [6, 6.07) is 11.9. The summed E-state index contributed by atoms with van der Waals surface area (Å²) in [7, 11) is -1.99. The molecule has 1 heterocycles. The lowest BCUT2D eigenvalue weighted by atomic mass is 9.96. The van der Waals surface area contributed by atoms with E-state index in [1.165, 1.54) is 34.6 Å². The van der Waals surface area contributed by atoms with E-state index in [1.807, 2.05) is 0 Å². The molecule has 2 aromatic carbocycles. The molecular weight excluding hydrogens is 457 g/mol. The lowest BCUT2D eigenvalue weighted by molar-refractivity contribution is 0.0533. The fraction of sp³-hybridized carbons (Fsp3) is 0.440. The van der Waals surface area contributed by atoms with E-state index in [1.54, 1.807) is 35.0 Å². The first kappa shape index (κ1) is 24.3. The van der Waals surface area contributed by atoms with Gasteiger partial charge in [0.05, 0.1) is 10.5 Å². The van der Waals surface area contributed by atoms with Crippen molar-refractivity contribution >= 4 is 21.8 Å². The monoisotopic (exact) mass is 487 g/mol. The van der Waals surface area contributed by atoms with Gasteiger partial charge in [0, 0.05) is 44.8 Å². The van der Waals surface area contributed by atoms with E-state index in [0.29, 0.717) is 31.7 Å². The summed E-state index contributed by atoms with van der Waals surface area (Å²) in [5.41, 5.74) is 0.422. The molecule has 9 heteroatoms. The Bertz CT molecular complexity index is 1140. The Balaban J connectivity index is 1.38. The summed E-state index contributed by atoms with van der Waals surface area (Å²) in [6.07, 6.45) is 4.97. The molecule has 0 spiro atoms. The second-order valence-electron chi connectivity index (χ2n) is 8.90. The highest BCUT2D eigenvalue weighted by atomic mass is 32.2. The second kappa shape index (κ2) is 10.2. The highest BCUT2D eigenvalue weighted by Gasteiger charge is 2.30. The van der Waals surface area contributed by atoms with Gasteiger partial charge in [-0.05, 0) is 49.2 Å². The summed E-state index contributed by atoms with van der Waals surface area (Å²) < 4.78 is 41.4. The van der Waals surface area contributed by atoms with Gasteiger partial charge in [-0.15, -0.1) is 0 Å². The molecule has 2 aromatic rings. The molecule has 34 heavy (non-hydrogen) atoms. The van der Waals surface area contributed by atoms with E-state index in [-0.39, 0.29) is 28.3 Å². The molecule has 1 saturated heterocycles. The van der Waals surface area contributed by atoms with Crippen LogP contribution in [0.5, 0.6) is 0 Å². The molecular formula is C25H30FN3O4S. The van der Waals surface area contributed by atoms with E-state index >= 15 is 0 Å². The molecule has 2 fully saturated rings. The molecule has 182 valence electrons. The van der Waals surface area contributed by atoms with Gasteiger partial charge in [-0.25, -0.2) is 12.8 Å². The molecule has 2 amide bonds. The summed E-state index contributed by atoms with van der Waals surface area (Å²) in [6.45, 7) is 1.25. The van der Waals surface area contributed by atoms with Crippen LogP contribution in [0.3, 0.4) is 0 Å². The predicted octanol–water partition coefficient (Wildman–Crippen LogP) is 3.38. The first-order chi connectivity index (χ1) is 16.3. The van der Waals surface area contributed by atoms with Crippen molar-refractivity contribution in [2.75, 3.05) is 33.2 Å². The lowest BCUT2D eigenvalue weighted by Gasteiger charge is -2.35. The lowest BCUT2D eigenvalue weighted by Crippen LogP contribution is -2.50. The van der Waals surface area contributed by atoms with Crippen LogP contribution >= 0.6 is 0 Å². The van der Waals surface area contributed by atoms with Crippen LogP contribution in [-0.4, -0.2) is 73.6 Å². The highest BCUT2D eigenvalue weighted by molar-refractivity contribution is 7.89. The van der Waals surface area contributed by atoms with Crippen molar-refractivity contribution in [3.8, 4) is 0 Å². The maximum absolute atomic E-state index is 13.9. The average Bonchev–Trinajstić information content (AvgIpc) is 2.88. The molecule has 0 atom stereocenters. The van der Waals surface area contributed by atoms with Crippen LogP contribution in [0.4, 0.5) is 4.39 Å². The maximum atomic E-state index is 13.9. The van der Waals surface area contributed by atoms with Crippen molar-refractivity contribution < 1.29 is 22.4 Å². The third-order valence-electron chi connectivity index (χ3n) is 6.83. The Morgan fingerprint density at radius 3 is 2.00 bits per heavy atom. The fourth-order valence-electron chi connectivity index (χ4n) is 4.68. The minimum atomic E-state index is -3.62. The van der Waals surface area contributed by atoms with Crippen LogP contribution in [-0.2, 0) is 10.0 Å². The summed E-state index contributed by atoms with van der Waals surface area (Å²) in [4.78, 5) is 28.9. The molecule has 0 bridgehead atoms. The van der Waals surface area contributed by atoms with Gasteiger partial charge in [0.15, 0.2) is 0 Å². The van der Waals surface area contributed by atoms with E-state index < -0.39 is 15.8 Å². The molecule has 1 saturated carbocycles. The van der Waals surface area contributed by atoms with Crippen molar-refractivity contribution in [1.29, 1.82) is 0 Å². The van der Waals surface area contributed by atoms with Crippen LogP contribution in [0.1, 0.15) is 52.8 Å². The van der Waals surface area contributed by atoms with E-state index in [9.17, 15) is 22.4 Å². The van der Waals surface area contributed by atoms with Crippen molar-refractivity contribution in [1.82, 2.24) is 14.1 Å². The normalized spacial score (nSPS) is 17.7. The molecule has 0 unspecified atom stereocenters. The SMILES string of the molecule is CN(C1CCCCC1)S(=O)(=O)c1ccc(C(=O)N2CCN(C(=O)c3ccccc3F)CC2)cc1. The van der Waals surface area contributed by atoms with Crippen molar-refractivity contribution in [2.24, 2.45) is 0 Å². The number of piperazine rings is 1. The molecule has 0 N–H and O–H groups in total. The minimum Gasteiger partial charge on any atom is -0.335 e. The zero-order valence-electron chi connectivity index (χ0n) is 19.3. The van der Waals surface area contributed by atoms with Crippen molar-refractivity contribution in [3.63, 3.8) is 0 Å². The molecule has 1 aliphatic carbocycles. The van der Waals surface area contributed by atoms with Crippen LogP contribution in [0.25, 0.3) is 0 Å². The number of benzene rings is 2. The van der Waals surface area contributed by atoms with Gasteiger partial charge in [0.2, 0.25) is 10.0 Å². The highest BCUT2D eigenvalue weighted by Crippen LogP contribution is 2.26. The number of halogens is 1. The van der Waals surface area contributed by atoms with Gasteiger partial charge in [-0.1, -0.05) is 31.4 Å². The Labute approximate surface area is 200 Å². The number of carbonyl (C=O) groups is 2. The number of hydrogen-bond donors (Lipinski definition) is 0. The summed E-state index contributed by atoms with van der Waals surface area (Å²) >= 11 is 0. The molecule has 2 aliphatic rings. The summed E-state index contributed by atoms with van der Waals surface area (Å²) in [5.74, 6) is -1.17. The van der Waals surface area contributed by atoms with Crippen molar-refractivity contribution in [2.45, 2.75) is 43.0 Å². The number of amides is 2. The Hall–Kier alpha value is -2.78. The van der Waals surface area contributed by atoms with Gasteiger partial charge in [-0.3, -0.25) is 9.59 Å². The Kier molecular flexibility index (Phi) is 7.33. The van der Waals surface area contributed by atoms with Gasteiger partial charge in [-0.2, -0.15) is 4.31 Å². The fourth-order valence-corrected chi connectivity index (χ4v) is 6.09. The zero-order valence-corrected chi connectivity index (χ0v) is 20.1. The first-order valence-corrected chi connectivity index (χ1v) is 13.1. The van der Waals surface area contributed by atoms with Gasteiger partial charge >= 0.3 is 0 Å². The number of nitrogens with zero attached hydrogens (tertiary/aromatic N) is 3. The number of carbonyl (C=O) groups excluding carboxylic acids is 2. The Morgan fingerprint density at radius 1 is 0.853 bits per heavy atom. The standard InChI is InChI=1S/C25H30FN3O4S/c1-27(20-7-3-2-4-8-20)34(32,33)21-13-11-19(12-14-21)24(30)28-15-17-29(18-16-28)25(31)22-9-5-6-10-23(22)26/h5-6,9-14,20H,2-4,7-8,15-18H2,1H3. The topological polar surface area (TPSA) is 78.0 Å². The van der Waals surface area contributed by atoms with E-state index in [2.05, 4.69) is 0 Å². The quantitative estimate of drug-likeness (QED) is 0.648. The summed E-state index contributed by atoms with van der Waals surface area (Å²) in [5, 5.41) is 0. The second-order valence-corrected chi connectivity index (χ2v) is 10.9. The minimum absolute atomic E-state index is 0.0171. The molecule has 7 nitrogen and oxygen atoms in total. The first-order valence-electron chi connectivity index (χ1n) is 11.7. The predicted molar refractivity (Wildman–Crippen MR) is 126 cm³/mol. The van der Waals surface area contributed by atoms with Crippen LogP contribution in [0.2, 0.25) is 0 Å². The Morgan fingerprint density at radius 2 is 1.41 bits per heavy atom. The van der Waals surface area contributed by atoms with Crippen molar-refractivity contribution in [3.05, 3.63) is 65.5 Å². The number of hydrogen-bond acceptors (Lipinski definition) is 4. The zero-order chi connectivity index (χ0) is 24.3. The molecule has 1 aliphatic heterocycles. The third-order valence-corrected chi connectivity index (χ3v) is 8.75. The number of rotatable bonds is 5. The molecule has 4 rings (SSSR count). The van der Waals surface area contributed by atoms with E-state index in [4.69, 9.17) is 0 Å². The van der Waals surface area contributed by atoms with Crippen LogP contribution in [0, 0.1) is 5.82 Å². The molecule has 0 aromatic heterocycles. The van der Waals surface area contributed by atoms with Gasteiger partial charge < -0.3 is 9.80 Å². The smallest absolute Gasteiger partial charge is 0.256 e. The van der Waals surface area contributed by atoms with Crippen LogP contribution < -0.4 is 0 Å². The van der Waals surface area contributed by atoms with Gasteiger partial charge in [0.1, 0.15) is 5.82 Å². The third kappa shape index (κ3) is 5.00. The largest absolute Gasteiger partial charge is 0.335 e. The average molecular weight is 488 g/mol. The van der Waals surface area contributed by atoms with Gasteiger partial charge in [0.25, 0.3) is 11.8 Å². The number of sulfonamides is 1. The maximum Gasteiger partial charge on any atom is 0.256 e.